The van der Waals surface area contributed by atoms with Crippen molar-refractivity contribution in [2.24, 2.45) is 0 Å². The number of carbonyl (C=O) groups excluding carboxylic acids is 3. The smallest absolute Gasteiger partial charge is 0.345 e. The quantitative estimate of drug-likeness (QED) is 0.455. The molecule has 1 heterocycles. The van der Waals surface area contributed by atoms with E-state index in [9.17, 15) is 24.5 Å². The lowest BCUT2D eigenvalue weighted by Gasteiger charge is -2.16. The molecule has 0 saturated carbocycles. The van der Waals surface area contributed by atoms with Crippen LogP contribution in [-0.4, -0.2) is 35.9 Å². The fourth-order valence-corrected chi connectivity index (χ4v) is 3.12. The van der Waals surface area contributed by atoms with Crippen LogP contribution >= 0.6 is 0 Å². The van der Waals surface area contributed by atoms with Gasteiger partial charge in [-0.05, 0) is 43.7 Å². The molecule has 9 heteroatoms. The van der Waals surface area contributed by atoms with Crippen LogP contribution in [0.2, 0.25) is 0 Å². The van der Waals surface area contributed by atoms with Crippen molar-refractivity contribution in [1.82, 2.24) is 0 Å². The van der Waals surface area contributed by atoms with Crippen molar-refractivity contribution in [1.29, 1.82) is 0 Å². The van der Waals surface area contributed by atoms with E-state index >= 15 is 0 Å². The Bertz CT molecular complexity index is 971. The average Bonchev–Trinajstić information content (AvgIpc) is 3.12. The molecule has 1 N–H and O–H groups in total. The van der Waals surface area contributed by atoms with Gasteiger partial charge in [0.2, 0.25) is 5.91 Å². The number of anilines is 2. The molecule has 2 aromatic rings. The van der Waals surface area contributed by atoms with Crippen LogP contribution in [0.4, 0.5) is 17.1 Å². The number of aryl methyl sites for hydroxylation is 1. The fraction of sp³-hybridized carbons (Fsp3) is 0.250. The number of rotatable bonds is 6. The number of ether oxygens (including phenoxy) is 1. The summed E-state index contributed by atoms with van der Waals surface area (Å²) in [5.74, 6) is -1.46. The van der Waals surface area contributed by atoms with E-state index in [1.807, 2.05) is 0 Å². The Labute approximate surface area is 166 Å². The van der Waals surface area contributed by atoms with Gasteiger partial charge in [-0.3, -0.25) is 19.7 Å². The third-order valence-corrected chi connectivity index (χ3v) is 4.51. The molecule has 2 amide bonds. The SMILES string of the molecule is Cc1cccc(C(=O)OCC(=O)Nc2ccc(N3CCCC3=O)cc2)c1[N+](=O)[O-]. The van der Waals surface area contributed by atoms with E-state index in [4.69, 9.17) is 4.74 Å². The van der Waals surface area contributed by atoms with Crippen molar-refractivity contribution in [3.05, 3.63) is 63.7 Å². The minimum absolute atomic E-state index is 0.0685. The molecular formula is C20H19N3O6. The molecule has 0 bridgehead atoms. The van der Waals surface area contributed by atoms with E-state index in [1.54, 1.807) is 29.2 Å². The summed E-state index contributed by atoms with van der Waals surface area (Å²) in [7, 11) is 0. The van der Waals surface area contributed by atoms with Gasteiger partial charge in [-0.25, -0.2) is 4.79 Å². The molecule has 1 saturated heterocycles. The number of nitrogens with one attached hydrogen (secondary N) is 1. The highest BCUT2D eigenvalue weighted by atomic mass is 16.6. The number of nitro benzene ring substituents is 1. The Morgan fingerprint density at radius 2 is 1.93 bits per heavy atom. The van der Waals surface area contributed by atoms with Crippen LogP contribution in [0.1, 0.15) is 28.8 Å². The largest absolute Gasteiger partial charge is 0.452 e. The highest BCUT2D eigenvalue weighted by molar-refractivity contribution is 5.98. The first kappa shape index (κ1) is 20.0. The predicted molar refractivity (Wildman–Crippen MR) is 105 cm³/mol. The number of carbonyl (C=O) groups is 3. The van der Waals surface area contributed by atoms with Gasteiger partial charge in [-0.2, -0.15) is 0 Å². The lowest BCUT2D eigenvalue weighted by Crippen LogP contribution is -2.24. The molecule has 1 aliphatic rings. The Morgan fingerprint density at radius 3 is 2.55 bits per heavy atom. The molecule has 1 fully saturated rings. The van der Waals surface area contributed by atoms with Gasteiger partial charge in [0.15, 0.2) is 6.61 Å². The van der Waals surface area contributed by atoms with Crippen LogP contribution < -0.4 is 10.2 Å². The molecule has 0 spiro atoms. The van der Waals surface area contributed by atoms with Crippen LogP contribution in [0.15, 0.2) is 42.5 Å². The molecule has 0 aliphatic carbocycles. The van der Waals surface area contributed by atoms with Crippen molar-refractivity contribution >= 4 is 34.8 Å². The molecule has 0 aromatic heterocycles. The highest BCUT2D eigenvalue weighted by Crippen LogP contribution is 2.24. The highest BCUT2D eigenvalue weighted by Gasteiger charge is 2.24. The second-order valence-electron chi connectivity index (χ2n) is 6.55. The Balaban J connectivity index is 1.58. The Morgan fingerprint density at radius 1 is 1.21 bits per heavy atom. The van der Waals surface area contributed by atoms with Gasteiger partial charge in [0.1, 0.15) is 5.56 Å². The fourth-order valence-electron chi connectivity index (χ4n) is 3.12. The van der Waals surface area contributed by atoms with Crippen LogP contribution in [0.25, 0.3) is 0 Å². The molecule has 2 aromatic carbocycles. The van der Waals surface area contributed by atoms with E-state index in [1.165, 1.54) is 25.1 Å². The second-order valence-corrected chi connectivity index (χ2v) is 6.55. The van der Waals surface area contributed by atoms with E-state index in [-0.39, 0.29) is 17.2 Å². The number of benzene rings is 2. The zero-order valence-corrected chi connectivity index (χ0v) is 15.7. The van der Waals surface area contributed by atoms with E-state index in [0.717, 1.165) is 12.1 Å². The van der Waals surface area contributed by atoms with Crippen molar-refractivity contribution in [2.45, 2.75) is 19.8 Å². The first-order chi connectivity index (χ1) is 13.9. The number of nitro groups is 1. The maximum atomic E-state index is 12.2. The monoisotopic (exact) mass is 397 g/mol. The summed E-state index contributed by atoms with van der Waals surface area (Å²) >= 11 is 0. The van der Waals surface area contributed by atoms with Gasteiger partial charge in [-0.15, -0.1) is 0 Å². The summed E-state index contributed by atoms with van der Waals surface area (Å²) in [5, 5.41) is 13.7. The van der Waals surface area contributed by atoms with Gasteiger partial charge in [0.05, 0.1) is 4.92 Å². The summed E-state index contributed by atoms with van der Waals surface area (Å²) < 4.78 is 4.92. The molecule has 0 unspecified atom stereocenters. The van der Waals surface area contributed by atoms with Crippen molar-refractivity contribution in [3.63, 3.8) is 0 Å². The maximum absolute atomic E-state index is 12.2. The standard InChI is InChI=1S/C20H19N3O6/c1-13-4-2-5-16(19(13)23(27)28)20(26)29-12-17(24)21-14-7-9-15(10-8-14)22-11-3-6-18(22)25/h2,4-5,7-10H,3,6,11-12H2,1H3,(H,21,24). The zero-order valence-electron chi connectivity index (χ0n) is 15.7. The van der Waals surface area contributed by atoms with E-state index < -0.39 is 23.4 Å². The molecule has 150 valence electrons. The summed E-state index contributed by atoms with van der Waals surface area (Å²) in [6.07, 6.45) is 1.35. The normalized spacial score (nSPS) is 13.3. The third kappa shape index (κ3) is 4.57. The van der Waals surface area contributed by atoms with Gasteiger partial charge in [0, 0.05) is 29.9 Å². The molecule has 9 nitrogen and oxygen atoms in total. The zero-order chi connectivity index (χ0) is 21.0. The third-order valence-electron chi connectivity index (χ3n) is 4.51. The number of hydrogen-bond acceptors (Lipinski definition) is 6. The van der Waals surface area contributed by atoms with Crippen molar-refractivity contribution in [2.75, 3.05) is 23.4 Å². The molecule has 0 radical (unpaired) electrons. The summed E-state index contributed by atoms with van der Waals surface area (Å²) in [6.45, 7) is 1.60. The predicted octanol–water partition coefficient (Wildman–Crippen LogP) is 2.83. The van der Waals surface area contributed by atoms with Gasteiger partial charge < -0.3 is 15.0 Å². The van der Waals surface area contributed by atoms with Crippen LogP contribution in [-0.2, 0) is 14.3 Å². The molecular weight excluding hydrogens is 378 g/mol. The summed E-state index contributed by atoms with van der Waals surface area (Å²) in [6, 6.07) is 11.0. The van der Waals surface area contributed by atoms with Gasteiger partial charge in [0.25, 0.3) is 11.6 Å². The second kappa shape index (κ2) is 8.51. The molecule has 1 aliphatic heterocycles. The maximum Gasteiger partial charge on any atom is 0.345 e. The van der Waals surface area contributed by atoms with E-state index in [2.05, 4.69) is 5.32 Å². The van der Waals surface area contributed by atoms with Crippen LogP contribution in [0.5, 0.6) is 0 Å². The topological polar surface area (TPSA) is 119 Å². The minimum Gasteiger partial charge on any atom is -0.452 e. The Hall–Kier alpha value is -3.75. The van der Waals surface area contributed by atoms with Crippen molar-refractivity contribution < 1.29 is 24.0 Å². The average molecular weight is 397 g/mol. The van der Waals surface area contributed by atoms with E-state index in [0.29, 0.717) is 24.2 Å². The van der Waals surface area contributed by atoms with Crippen LogP contribution in [0.3, 0.4) is 0 Å². The van der Waals surface area contributed by atoms with Crippen LogP contribution in [0, 0.1) is 17.0 Å². The van der Waals surface area contributed by atoms with Gasteiger partial charge in [-0.1, -0.05) is 12.1 Å². The van der Waals surface area contributed by atoms with Gasteiger partial charge >= 0.3 is 5.97 Å². The number of amides is 2. The number of para-hydroxylation sites is 1. The molecule has 29 heavy (non-hydrogen) atoms. The molecule has 3 rings (SSSR count). The van der Waals surface area contributed by atoms with Crippen molar-refractivity contribution in [3.8, 4) is 0 Å². The Kier molecular flexibility index (Phi) is 5.87. The number of hydrogen-bond donors (Lipinski definition) is 1. The minimum atomic E-state index is -0.946. The number of esters is 1. The number of nitrogens with zero attached hydrogens (tertiary/aromatic N) is 2. The first-order valence-corrected chi connectivity index (χ1v) is 8.98. The summed E-state index contributed by atoms with van der Waals surface area (Å²) in [4.78, 5) is 48.1. The molecule has 0 atom stereocenters. The first-order valence-electron chi connectivity index (χ1n) is 8.98. The summed E-state index contributed by atoms with van der Waals surface area (Å²) in [5.41, 5.74) is 1.00. The lowest BCUT2D eigenvalue weighted by atomic mass is 10.1. The lowest BCUT2D eigenvalue weighted by molar-refractivity contribution is -0.385.